The first-order valence-corrected chi connectivity index (χ1v) is 26.9. The first-order valence-electron chi connectivity index (χ1n) is 25.4. The topological polar surface area (TPSA) is 169 Å². The van der Waals surface area contributed by atoms with Gasteiger partial charge in [-0.1, -0.05) is 216 Å². The molecule has 0 radical (unpaired) electrons. The Hall–Kier alpha value is -2.63. The SMILES string of the molecule is CC/C=C\C/C=C\C/C=C\C/C=C\C=C/C(O)C/C=C\CCC(=O)O[C@H](COC(=O)CCCCCCCCCCCCCCCCCCCCC(C)CC)COP(=O)(O)OC[C@@H](O)CO. The van der Waals surface area contributed by atoms with Gasteiger partial charge >= 0.3 is 19.8 Å². The smallest absolute Gasteiger partial charge is 0.462 e. The molecule has 5 atom stereocenters. The fraction of sp³-hybridized carbons (Fsp3) is 0.736. The first-order chi connectivity index (χ1) is 31.5. The summed E-state index contributed by atoms with van der Waals surface area (Å²) in [5.41, 5.74) is 0. The van der Waals surface area contributed by atoms with Gasteiger partial charge < -0.3 is 29.7 Å². The van der Waals surface area contributed by atoms with Gasteiger partial charge in [0, 0.05) is 12.8 Å². The number of unbranched alkanes of at least 4 members (excludes halogenated alkanes) is 17. The van der Waals surface area contributed by atoms with Crippen LogP contribution in [0.4, 0.5) is 0 Å². The van der Waals surface area contributed by atoms with Crippen LogP contribution in [0.5, 0.6) is 0 Å². The van der Waals surface area contributed by atoms with E-state index in [1.165, 1.54) is 103 Å². The van der Waals surface area contributed by atoms with E-state index in [0.29, 0.717) is 19.3 Å². The molecule has 0 spiro atoms. The highest BCUT2D eigenvalue weighted by atomic mass is 31.2. The van der Waals surface area contributed by atoms with Gasteiger partial charge in [0.15, 0.2) is 6.10 Å². The number of esters is 2. The molecule has 0 aromatic carbocycles. The van der Waals surface area contributed by atoms with Crippen molar-refractivity contribution >= 4 is 19.8 Å². The summed E-state index contributed by atoms with van der Waals surface area (Å²) in [5, 5.41) is 28.6. The van der Waals surface area contributed by atoms with Crippen LogP contribution in [0.1, 0.15) is 201 Å². The van der Waals surface area contributed by atoms with Crippen molar-refractivity contribution in [3.63, 3.8) is 0 Å². The van der Waals surface area contributed by atoms with E-state index < -0.39 is 57.9 Å². The molecule has 0 saturated carbocycles. The molecule has 12 heteroatoms. The van der Waals surface area contributed by atoms with Crippen molar-refractivity contribution in [2.75, 3.05) is 26.4 Å². The van der Waals surface area contributed by atoms with Crippen molar-refractivity contribution in [2.24, 2.45) is 5.92 Å². The van der Waals surface area contributed by atoms with Crippen LogP contribution in [0.15, 0.2) is 72.9 Å². The summed E-state index contributed by atoms with van der Waals surface area (Å²) in [6.07, 6.45) is 50.4. The van der Waals surface area contributed by atoms with E-state index in [9.17, 15) is 29.3 Å². The lowest BCUT2D eigenvalue weighted by Gasteiger charge is -2.20. The van der Waals surface area contributed by atoms with Crippen molar-refractivity contribution in [1.29, 1.82) is 0 Å². The van der Waals surface area contributed by atoms with Crippen molar-refractivity contribution in [3.05, 3.63) is 72.9 Å². The average Bonchev–Trinajstić information content (AvgIpc) is 3.29. The van der Waals surface area contributed by atoms with Gasteiger partial charge in [0.2, 0.25) is 0 Å². The maximum absolute atomic E-state index is 12.6. The summed E-state index contributed by atoms with van der Waals surface area (Å²) in [6.45, 7) is 4.47. The van der Waals surface area contributed by atoms with Crippen LogP contribution in [0.3, 0.4) is 0 Å². The highest BCUT2D eigenvalue weighted by Crippen LogP contribution is 2.43. The van der Waals surface area contributed by atoms with E-state index >= 15 is 0 Å². The third-order valence-electron chi connectivity index (χ3n) is 11.0. The fourth-order valence-electron chi connectivity index (χ4n) is 6.73. The Morgan fingerprint density at radius 1 is 0.585 bits per heavy atom. The van der Waals surface area contributed by atoms with Crippen LogP contribution >= 0.6 is 7.82 Å². The van der Waals surface area contributed by atoms with Crippen molar-refractivity contribution in [1.82, 2.24) is 0 Å². The van der Waals surface area contributed by atoms with Crippen LogP contribution in [0.25, 0.3) is 0 Å². The highest BCUT2D eigenvalue weighted by molar-refractivity contribution is 7.47. The van der Waals surface area contributed by atoms with Crippen LogP contribution < -0.4 is 0 Å². The molecule has 0 aliphatic carbocycles. The largest absolute Gasteiger partial charge is 0.472 e. The van der Waals surface area contributed by atoms with Crippen LogP contribution in [0, 0.1) is 5.92 Å². The third kappa shape index (κ3) is 46.3. The molecule has 0 rings (SSSR count). The lowest BCUT2D eigenvalue weighted by Crippen LogP contribution is -2.29. The number of aliphatic hydroxyl groups excluding tert-OH is 3. The minimum Gasteiger partial charge on any atom is -0.462 e. The lowest BCUT2D eigenvalue weighted by molar-refractivity contribution is -0.161. The molecule has 376 valence electrons. The number of ether oxygens (including phenoxy) is 2. The molecular formula is C53H93O11P. The minimum atomic E-state index is -4.67. The van der Waals surface area contributed by atoms with E-state index in [4.69, 9.17) is 19.1 Å². The second kappa shape index (κ2) is 46.5. The summed E-state index contributed by atoms with van der Waals surface area (Å²) in [5.74, 6) is -0.217. The summed E-state index contributed by atoms with van der Waals surface area (Å²) in [6, 6.07) is 0. The quantitative estimate of drug-likeness (QED) is 0.0151. The number of hydrogen-bond acceptors (Lipinski definition) is 10. The Bertz CT molecular complexity index is 1340. The van der Waals surface area contributed by atoms with Gasteiger partial charge in [0.1, 0.15) is 12.7 Å². The Kier molecular flexibility index (Phi) is 44.6. The molecule has 0 fully saturated rings. The molecule has 65 heavy (non-hydrogen) atoms. The number of rotatable bonds is 46. The van der Waals surface area contributed by atoms with E-state index in [2.05, 4.69) is 61.8 Å². The number of carbonyl (C=O) groups is 2. The standard InChI is InChI=1S/C53H93O11P/c1-4-6-7-8-9-10-11-18-22-25-28-31-35-40-49(55)41-36-33-38-43-53(58)64-51(47-63-65(59,60)62-45-50(56)44-54)46-61-52(57)42-37-32-29-26-23-20-17-15-13-12-14-16-19-21-24-27-30-34-39-48(3)5-2/h6-7,9-10,18,22,28,31,33,35-36,40,48-51,54-56H,4-5,8,11-17,19-21,23-27,29-30,32,34,37-39,41-47H2,1-3H3,(H,59,60)/b7-6-,10-9-,22-18-,31-28-,36-33-,40-35-/t48?,49?,50-,51+/m0/s1. The Morgan fingerprint density at radius 3 is 1.63 bits per heavy atom. The number of phosphoric acid groups is 1. The second-order valence-corrected chi connectivity index (χ2v) is 18.7. The third-order valence-corrected chi connectivity index (χ3v) is 12.0. The Balaban J connectivity index is 4.36. The summed E-state index contributed by atoms with van der Waals surface area (Å²) in [4.78, 5) is 35.1. The van der Waals surface area contributed by atoms with E-state index in [0.717, 1.165) is 50.9 Å². The van der Waals surface area contributed by atoms with Crippen molar-refractivity contribution < 1.29 is 52.9 Å². The van der Waals surface area contributed by atoms with E-state index in [-0.39, 0.29) is 19.4 Å². The van der Waals surface area contributed by atoms with Gasteiger partial charge in [0.05, 0.1) is 25.9 Å². The van der Waals surface area contributed by atoms with Gasteiger partial charge in [-0.05, 0) is 50.9 Å². The molecule has 3 unspecified atom stereocenters. The second-order valence-electron chi connectivity index (χ2n) is 17.3. The predicted molar refractivity (Wildman–Crippen MR) is 266 cm³/mol. The Morgan fingerprint density at radius 2 is 1.09 bits per heavy atom. The normalized spacial score (nSPS) is 15.2. The lowest BCUT2D eigenvalue weighted by atomic mass is 9.99. The molecule has 0 saturated heterocycles. The van der Waals surface area contributed by atoms with Gasteiger partial charge in [0.25, 0.3) is 0 Å². The molecule has 0 aromatic rings. The zero-order valence-electron chi connectivity index (χ0n) is 41.0. The minimum absolute atomic E-state index is 0.0239. The molecule has 0 amide bonds. The molecule has 4 N–H and O–H groups in total. The molecule has 0 aliphatic heterocycles. The van der Waals surface area contributed by atoms with Crippen LogP contribution in [-0.4, -0.2) is 76.9 Å². The number of allylic oxidation sites excluding steroid dienone is 10. The fourth-order valence-corrected chi connectivity index (χ4v) is 7.52. The number of aliphatic hydroxyl groups is 3. The molecule has 0 aromatic heterocycles. The van der Waals surface area contributed by atoms with E-state index in [1.807, 2.05) is 12.2 Å². The maximum Gasteiger partial charge on any atom is 0.472 e. The molecule has 11 nitrogen and oxygen atoms in total. The number of hydrogen-bond donors (Lipinski definition) is 4. The van der Waals surface area contributed by atoms with Crippen LogP contribution in [-0.2, 0) is 32.7 Å². The molecule has 0 heterocycles. The maximum atomic E-state index is 12.6. The zero-order chi connectivity index (χ0) is 47.9. The Labute approximate surface area is 395 Å². The van der Waals surface area contributed by atoms with Gasteiger partial charge in [-0.15, -0.1) is 0 Å². The predicted octanol–water partition coefficient (Wildman–Crippen LogP) is 13.2. The monoisotopic (exact) mass is 937 g/mol. The van der Waals surface area contributed by atoms with Crippen LogP contribution in [0.2, 0.25) is 0 Å². The number of carbonyl (C=O) groups excluding carboxylic acids is 2. The van der Waals surface area contributed by atoms with Gasteiger partial charge in [-0.2, -0.15) is 0 Å². The highest BCUT2D eigenvalue weighted by Gasteiger charge is 2.27. The summed E-state index contributed by atoms with van der Waals surface area (Å²) < 4.78 is 32.7. The van der Waals surface area contributed by atoms with Gasteiger partial charge in [-0.3, -0.25) is 18.6 Å². The molecule has 0 aliphatic rings. The van der Waals surface area contributed by atoms with Crippen molar-refractivity contribution in [2.45, 2.75) is 219 Å². The van der Waals surface area contributed by atoms with Gasteiger partial charge in [-0.25, -0.2) is 4.57 Å². The molecular weight excluding hydrogens is 844 g/mol. The average molecular weight is 937 g/mol. The molecule has 0 bridgehead atoms. The van der Waals surface area contributed by atoms with E-state index in [1.54, 1.807) is 24.3 Å². The number of phosphoric ester groups is 1. The first kappa shape index (κ1) is 62.4. The van der Waals surface area contributed by atoms with Crippen molar-refractivity contribution in [3.8, 4) is 0 Å². The summed E-state index contributed by atoms with van der Waals surface area (Å²) >= 11 is 0. The summed E-state index contributed by atoms with van der Waals surface area (Å²) in [7, 11) is -4.67. The zero-order valence-corrected chi connectivity index (χ0v) is 41.9.